The second kappa shape index (κ2) is 4.97. The van der Waals surface area contributed by atoms with Crippen LogP contribution in [0, 0.1) is 5.92 Å². The van der Waals surface area contributed by atoms with E-state index in [0.717, 1.165) is 19.5 Å². The van der Waals surface area contributed by atoms with Crippen LogP contribution >= 0.6 is 0 Å². The Morgan fingerprint density at radius 1 is 1.26 bits per heavy atom. The minimum absolute atomic E-state index is 0.146. The normalized spacial score (nSPS) is 28.3. The number of nitrogens with zero attached hydrogens (tertiary/aromatic N) is 1. The van der Waals surface area contributed by atoms with E-state index < -0.39 is 5.97 Å². The van der Waals surface area contributed by atoms with E-state index in [1.807, 2.05) is 0 Å². The molecule has 102 valence electrons. The average molecular weight is 259 g/mol. The summed E-state index contributed by atoms with van der Waals surface area (Å²) in [6.07, 6.45) is 3.24. The van der Waals surface area contributed by atoms with Gasteiger partial charge in [-0.1, -0.05) is 24.3 Å². The van der Waals surface area contributed by atoms with E-state index >= 15 is 0 Å². The van der Waals surface area contributed by atoms with Gasteiger partial charge in [0.1, 0.15) is 0 Å². The van der Waals surface area contributed by atoms with Crippen LogP contribution in [0.3, 0.4) is 0 Å². The first kappa shape index (κ1) is 12.7. The summed E-state index contributed by atoms with van der Waals surface area (Å²) in [5, 5.41) is 9.03. The van der Waals surface area contributed by atoms with Crippen LogP contribution in [0.25, 0.3) is 0 Å². The van der Waals surface area contributed by atoms with Crippen molar-refractivity contribution in [2.24, 2.45) is 5.92 Å². The molecule has 2 aliphatic rings. The maximum atomic E-state index is 11.0. The van der Waals surface area contributed by atoms with Crippen LogP contribution in [0.1, 0.15) is 42.2 Å². The molecule has 2 fully saturated rings. The Bertz CT molecular complexity index is 477. The number of hydrogen-bond acceptors (Lipinski definition) is 2. The largest absolute Gasteiger partial charge is 0.481 e. The molecule has 1 aliphatic heterocycles. The Kier molecular flexibility index (Phi) is 3.31. The summed E-state index contributed by atoms with van der Waals surface area (Å²) in [6.45, 7) is 2.33. The van der Waals surface area contributed by atoms with Crippen molar-refractivity contribution in [1.29, 1.82) is 0 Å². The van der Waals surface area contributed by atoms with Gasteiger partial charge >= 0.3 is 5.97 Å². The van der Waals surface area contributed by atoms with Gasteiger partial charge in [0.05, 0.1) is 5.92 Å². The minimum Gasteiger partial charge on any atom is -0.481 e. The predicted octanol–water partition coefficient (Wildman–Crippen LogP) is 2.68. The molecule has 0 spiro atoms. The first-order valence-electron chi connectivity index (χ1n) is 7.16. The van der Waals surface area contributed by atoms with Gasteiger partial charge in [0, 0.05) is 0 Å². The fourth-order valence-electron chi connectivity index (χ4n) is 3.22. The van der Waals surface area contributed by atoms with Crippen molar-refractivity contribution < 1.29 is 9.90 Å². The number of carbonyl (C=O) groups is 1. The molecule has 0 radical (unpaired) electrons. The van der Waals surface area contributed by atoms with E-state index in [2.05, 4.69) is 36.2 Å². The summed E-state index contributed by atoms with van der Waals surface area (Å²) in [6, 6.07) is 8.65. The van der Waals surface area contributed by atoms with Crippen molar-refractivity contribution in [1.82, 2.24) is 4.90 Å². The molecule has 19 heavy (non-hydrogen) atoms. The summed E-state index contributed by atoms with van der Waals surface area (Å²) in [5.41, 5.74) is 2.63. The second-order valence-electron chi connectivity index (χ2n) is 6.03. The highest BCUT2D eigenvalue weighted by Gasteiger charge is 2.44. The van der Waals surface area contributed by atoms with Crippen LogP contribution in [0.15, 0.2) is 24.3 Å². The minimum atomic E-state index is -0.644. The quantitative estimate of drug-likeness (QED) is 0.907. The summed E-state index contributed by atoms with van der Waals surface area (Å²) in [7, 11) is 2.17. The number of carboxylic acids is 1. The highest BCUT2D eigenvalue weighted by Crippen LogP contribution is 2.48. The maximum Gasteiger partial charge on any atom is 0.307 e. The lowest BCUT2D eigenvalue weighted by atomic mass is 9.88. The molecule has 1 N–H and O–H groups in total. The Labute approximate surface area is 114 Å². The molecular weight excluding hydrogens is 238 g/mol. The number of hydrogen-bond donors (Lipinski definition) is 1. The fraction of sp³-hybridized carbons (Fsp3) is 0.562. The highest BCUT2D eigenvalue weighted by molar-refractivity contribution is 5.75. The second-order valence-corrected chi connectivity index (χ2v) is 6.03. The smallest absolute Gasteiger partial charge is 0.307 e. The maximum absolute atomic E-state index is 11.0. The zero-order valence-corrected chi connectivity index (χ0v) is 11.4. The molecule has 2 atom stereocenters. The Morgan fingerprint density at radius 3 is 2.58 bits per heavy atom. The Balaban J connectivity index is 1.72. The molecule has 0 aromatic heterocycles. The third-order valence-corrected chi connectivity index (χ3v) is 4.64. The number of carboxylic acid groups (broad SMARTS) is 1. The lowest BCUT2D eigenvalue weighted by molar-refractivity contribution is -0.138. The van der Waals surface area contributed by atoms with Crippen molar-refractivity contribution in [3.63, 3.8) is 0 Å². The number of benzene rings is 1. The van der Waals surface area contributed by atoms with Gasteiger partial charge in [-0.3, -0.25) is 4.79 Å². The highest BCUT2D eigenvalue weighted by atomic mass is 16.4. The van der Waals surface area contributed by atoms with E-state index in [9.17, 15) is 4.79 Å². The van der Waals surface area contributed by atoms with Crippen molar-refractivity contribution in [2.45, 2.75) is 31.1 Å². The first-order valence-corrected chi connectivity index (χ1v) is 7.16. The van der Waals surface area contributed by atoms with Gasteiger partial charge in [0.15, 0.2) is 0 Å². The lowest BCUT2D eigenvalue weighted by Gasteiger charge is -2.29. The Morgan fingerprint density at radius 2 is 1.95 bits per heavy atom. The van der Waals surface area contributed by atoms with Crippen LogP contribution < -0.4 is 0 Å². The summed E-state index contributed by atoms with van der Waals surface area (Å²) < 4.78 is 0. The van der Waals surface area contributed by atoms with Gasteiger partial charge in [0.2, 0.25) is 0 Å². The van der Waals surface area contributed by atoms with Gasteiger partial charge in [-0.05, 0) is 62.4 Å². The molecule has 1 saturated heterocycles. The number of rotatable bonds is 3. The topological polar surface area (TPSA) is 40.5 Å². The zero-order chi connectivity index (χ0) is 13.4. The molecule has 1 saturated carbocycles. The van der Waals surface area contributed by atoms with E-state index in [1.54, 1.807) is 0 Å². The zero-order valence-electron chi connectivity index (χ0n) is 11.4. The molecule has 1 aromatic rings. The van der Waals surface area contributed by atoms with Crippen LogP contribution in [-0.2, 0) is 4.79 Å². The molecular formula is C16H21NO2. The third kappa shape index (κ3) is 2.66. The van der Waals surface area contributed by atoms with Crippen LogP contribution in [0.5, 0.6) is 0 Å². The number of likely N-dealkylation sites (tertiary alicyclic amines) is 1. The summed E-state index contributed by atoms with van der Waals surface area (Å²) in [4.78, 5) is 13.3. The molecule has 3 rings (SSSR count). The Hall–Kier alpha value is -1.35. The molecule has 1 aromatic carbocycles. The average Bonchev–Trinajstić information content (AvgIpc) is 3.20. The third-order valence-electron chi connectivity index (χ3n) is 4.64. The molecule has 2 unspecified atom stereocenters. The molecule has 0 amide bonds. The van der Waals surface area contributed by atoms with E-state index in [-0.39, 0.29) is 11.8 Å². The molecule has 1 heterocycles. The lowest BCUT2D eigenvalue weighted by Crippen LogP contribution is -2.29. The molecule has 1 aliphatic carbocycles. The van der Waals surface area contributed by atoms with Gasteiger partial charge in [-0.15, -0.1) is 0 Å². The fourth-order valence-corrected chi connectivity index (χ4v) is 3.22. The van der Waals surface area contributed by atoms with Crippen molar-refractivity contribution in [2.75, 3.05) is 20.1 Å². The van der Waals surface area contributed by atoms with Crippen LogP contribution in [0.4, 0.5) is 0 Å². The van der Waals surface area contributed by atoms with E-state index in [4.69, 9.17) is 5.11 Å². The number of aliphatic carboxylic acids is 1. The molecule has 0 bridgehead atoms. The summed E-state index contributed by atoms with van der Waals surface area (Å²) in [5.74, 6) is 0.115. The monoisotopic (exact) mass is 259 g/mol. The van der Waals surface area contributed by atoms with Gasteiger partial charge in [-0.2, -0.15) is 0 Å². The van der Waals surface area contributed by atoms with Crippen molar-refractivity contribution in [3.8, 4) is 0 Å². The van der Waals surface area contributed by atoms with Crippen molar-refractivity contribution in [3.05, 3.63) is 35.4 Å². The first-order chi connectivity index (χ1) is 9.15. The SMILES string of the molecule is CN1CCC(c2cccc(C3CC3C(=O)O)c2)CC1. The van der Waals surface area contributed by atoms with Crippen LogP contribution in [0.2, 0.25) is 0 Å². The summed E-state index contributed by atoms with van der Waals surface area (Å²) >= 11 is 0. The van der Waals surface area contributed by atoms with Crippen molar-refractivity contribution >= 4 is 5.97 Å². The van der Waals surface area contributed by atoms with E-state index in [1.165, 1.54) is 24.0 Å². The van der Waals surface area contributed by atoms with Crippen LogP contribution in [-0.4, -0.2) is 36.1 Å². The molecule has 3 heteroatoms. The number of piperidine rings is 1. The predicted molar refractivity (Wildman–Crippen MR) is 74.4 cm³/mol. The van der Waals surface area contributed by atoms with Gasteiger partial charge in [0.25, 0.3) is 0 Å². The molecule has 3 nitrogen and oxygen atoms in total. The van der Waals surface area contributed by atoms with E-state index in [0.29, 0.717) is 5.92 Å². The van der Waals surface area contributed by atoms with Gasteiger partial charge < -0.3 is 10.0 Å². The van der Waals surface area contributed by atoms with Gasteiger partial charge in [-0.25, -0.2) is 0 Å². The standard InChI is InChI=1S/C16H21NO2/c1-17-7-5-11(6-8-17)12-3-2-4-13(9-12)14-10-15(14)16(18)19/h2-4,9,11,14-15H,5-8,10H2,1H3,(H,18,19).